The van der Waals surface area contributed by atoms with Gasteiger partial charge in [-0.2, -0.15) is 13.5 Å². The molecule has 0 amide bonds. The quantitative estimate of drug-likeness (QED) is 0.404. The van der Waals surface area contributed by atoms with Gasteiger partial charge < -0.3 is 9.66 Å². The highest BCUT2D eigenvalue weighted by Crippen LogP contribution is 2.16. The van der Waals surface area contributed by atoms with Crippen LogP contribution in [0.25, 0.3) is 0 Å². The zero-order valence-corrected chi connectivity index (χ0v) is 7.94. The Kier molecular flexibility index (Phi) is 4.81. The molecule has 1 atom stereocenters. The predicted octanol–water partition coefficient (Wildman–Crippen LogP) is 0.384. The van der Waals surface area contributed by atoms with Crippen molar-refractivity contribution in [2.24, 2.45) is 0 Å². The van der Waals surface area contributed by atoms with Crippen LogP contribution in [0, 0.1) is 0 Å². The summed E-state index contributed by atoms with van der Waals surface area (Å²) in [5, 5.41) is 8.31. The van der Waals surface area contributed by atoms with E-state index in [0.717, 1.165) is 17.7 Å². The Labute approximate surface area is 81.2 Å². The van der Waals surface area contributed by atoms with Crippen molar-refractivity contribution in [1.82, 2.24) is 4.72 Å². The van der Waals surface area contributed by atoms with Crippen LogP contribution in [0.4, 0.5) is 8.78 Å². The van der Waals surface area contributed by atoms with E-state index < -0.39 is 29.7 Å². The van der Waals surface area contributed by atoms with E-state index in [1.807, 2.05) is 0 Å². The third kappa shape index (κ3) is 5.73. The summed E-state index contributed by atoms with van der Waals surface area (Å²) in [6.07, 6.45) is -0.263. The molecule has 0 aliphatic carbocycles. The number of hydrogen-bond acceptors (Lipinski definition) is 3. The standard InChI is InChI=1S/C6H9F2NO4S/c1-4(5(10)11)2-3-6(7,8)9-14(12)13/h2,9H,3H2,1H3,(H,10,11)(H,12,13)/p-1. The normalized spacial score (nSPS) is 15.3. The van der Waals surface area contributed by atoms with E-state index in [1.54, 1.807) is 0 Å². The lowest BCUT2D eigenvalue weighted by Gasteiger charge is -2.17. The molecule has 0 fully saturated rings. The van der Waals surface area contributed by atoms with E-state index in [9.17, 15) is 22.3 Å². The first-order valence-electron chi connectivity index (χ1n) is 3.39. The van der Waals surface area contributed by atoms with Crippen molar-refractivity contribution in [3.8, 4) is 0 Å². The number of carbonyl (C=O) groups is 1. The van der Waals surface area contributed by atoms with Crippen molar-refractivity contribution < 1.29 is 27.4 Å². The first-order valence-corrected chi connectivity index (χ1v) is 4.47. The van der Waals surface area contributed by atoms with Crippen LogP contribution < -0.4 is 4.72 Å². The number of alkyl halides is 2. The molecule has 0 aliphatic rings. The fraction of sp³-hybridized carbons (Fsp3) is 0.500. The topological polar surface area (TPSA) is 89.5 Å². The molecule has 0 aromatic heterocycles. The maximum atomic E-state index is 12.6. The summed E-state index contributed by atoms with van der Waals surface area (Å²) in [7, 11) is 0. The molecule has 1 unspecified atom stereocenters. The molecular formula is C6H8F2NO4S-. The van der Waals surface area contributed by atoms with E-state index >= 15 is 0 Å². The summed E-state index contributed by atoms with van der Waals surface area (Å²) in [4.78, 5) is 10.2. The smallest absolute Gasteiger partial charge is 0.330 e. The molecule has 5 nitrogen and oxygen atoms in total. The van der Waals surface area contributed by atoms with Gasteiger partial charge in [-0.05, 0) is 6.92 Å². The lowest BCUT2D eigenvalue weighted by atomic mass is 10.2. The number of hydrogen-bond donors (Lipinski definition) is 2. The summed E-state index contributed by atoms with van der Waals surface area (Å²) in [5.41, 5.74) is -0.275. The van der Waals surface area contributed by atoms with Gasteiger partial charge >= 0.3 is 12.0 Å². The molecule has 82 valence electrons. The van der Waals surface area contributed by atoms with Crippen molar-refractivity contribution in [3.63, 3.8) is 0 Å². The highest BCUT2D eigenvalue weighted by atomic mass is 32.2. The molecule has 8 heteroatoms. The van der Waals surface area contributed by atoms with E-state index in [0.29, 0.717) is 0 Å². The first-order chi connectivity index (χ1) is 6.24. The summed E-state index contributed by atoms with van der Waals surface area (Å²) < 4.78 is 45.8. The molecule has 0 aromatic rings. The van der Waals surface area contributed by atoms with Crippen molar-refractivity contribution in [2.75, 3.05) is 0 Å². The van der Waals surface area contributed by atoms with Gasteiger partial charge in [0.1, 0.15) is 0 Å². The molecule has 0 bridgehead atoms. The summed E-state index contributed by atoms with van der Waals surface area (Å²) >= 11 is -3.09. The van der Waals surface area contributed by atoms with E-state index in [2.05, 4.69) is 0 Å². The second kappa shape index (κ2) is 5.13. The number of nitrogens with one attached hydrogen (secondary N) is 1. The maximum absolute atomic E-state index is 12.6. The molecule has 0 aromatic carbocycles. The molecule has 0 saturated carbocycles. The molecule has 0 rings (SSSR count). The average molecular weight is 228 g/mol. The summed E-state index contributed by atoms with van der Waals surface area (Å²) in [5.74, 6) is -1.33. The summed E-state index contributed by atoms with van der Waals surface area (Å²) in [6.45, 7) is 1.13. The average Bonchev–Trinajstić information content (AvgIpc) is 1.97. The molecule has 0 aliphatic heterocycles. The summed E-state index contributed by atoms with van der Waals surface area (Å²) in [6, 6.07) is -3.66. The molecule has 0 heterocycles. The maximum Gasteiger partial charge on any atom is 0.330 e. The van der Waals surface area contributed by atoms with Crippen molar-refractivity contribution in [3.05, 3.63) is 11.6 Å². The van der Waals surface area contributed by atoms with Crippen LogP contribution in [-0.4, -0.2) is 25.9 Å². The van der Waals surface area contributed by atoms with Gasteiger partial charge in [0.05, 0.1) is 0 Å². The van der Waals surface area contributed by atoms with E-state index in [1.165, 1.54) is 0 Å². The Morgan fingerprint density at radius 3 is 2.57 bits per heavy atom. The van der Waals surface area contributed by atoms with Gasteiger partial charge in [-0.3, -0.25) is 4.21 Å². The van der Waals surface area contributed by atoms with Gasteiger partial charge in [0.2, 0.25) is 0 Å². The molecule has 0 spiro atoms. The lowest BCUT2D eigenvalue weighted by Crippen LogP contribution is -2.37. The predicted molar refractivity (Wildman–Crippen MR) is 43.0 cm³/mol. The fourth-order valence-electron chi connectivity index (χ4n) is 0.532. The van der Waals surface area contributed by atoms with Crippen molar-refractivity contribution >= 4 is 17.2 Å². The molecular weight excluding hydrogens is 220 g/mol. The zero-order chi connectivity index (χ0) is 11.4. The van der Waals surface area contributed by atoms with Gasteiger partial charge in [0.25, 0.3) is 0 Å². The monoisotopic (exact) mass is 228 g/mol. The Morgan fingerprint density at radius 1 is 1.71 bits per heavy atom. The second-order valence-electron chi connectivity index (χ2n) is 2.44. The number of carboxylic acids is 1. The van der Waals surface area contributed by atoms with Crippen molar-refractivity contribution in [1.29, 1.82) is 0 Å². The third-order valence-corrected chi connectivity index (χ3v) is 1.70. The molecule has 0 saturated heterocycles. The van der Waals surface area contributed by atoms with Gasteiger partial charge in [0.15, 0.2) is 0 Å². The molecule has 14 heavy (non-hydrogen) atoms. The second-order valence-corrected chi connectivity index (χ2v) is 3.11. The van der Waals surface area contributed by atoms with E-state index in [-0.39, 0.29) is 5.57 Å². The molecule has 2 N–H and O–H groups in total. The number of carboxylic acid groups (broad SMARTS) is 1. The fourth-order valence-corrected chi connectivity index (χ4v) is 0.859. The van der Waals surface area contributed by atoms with Crippen LogP contribution in [0.3, 0.4) is 0 Å². The van der Waals surface area contributed by atoms with Crippen LogP contribution in [-0.2, 0) is 16.1 Å². The minimum absolute atomic E-state index is 0.275. The Bertz CT molecular complexity index is 279. The Hall–Kier alpha value is -0.860. The Morgan fingerprint density at radius 2 is 2.21 bits per heavy atom. The zero-order valence-electron chi connectivity index (χ0n) is 7.12. The van der Waals surface area contributed by atoms with Crippen LogP contribution in [0.2, 0.25) is 0 Å². The van der Waals surface area contributed by atoms with Gasteiger partial charge in [-0.15, -0.1) is 0 Å². The highest BCUT2D eigenvalue weighted by molar-refractivity contribution is 7.77. The first kappa shape index (κ1) is 13.1. The largest absolute Gasteiger partial charge is 0.760 e. The Balaban J connectivity index is 4.30. The van der Waals surface area contributed by atoms with E-state index in [4.69, 9.17) is 5.11 Å². The van der Waals surface area contributed by atoms with Crippen LogP contribution in [0.5, 0.6) is 0 Å². The minimum Gasteiger partial charge on any atom is -0.760 e. The molecule has 0 radical (unpaired) electrons. The highest BCUT2D eigenvalue weighted by Gasteiger charge is 2.27. The number of aliphatic carboxylic acids is 1. The SMILES string of the molecule is CC(=CCC(F)(F)NS(=O)[O-])C(=O)O. The number of rotatable bonds is 5. The number of halogens is 2. The lowest BCUT2D eigenvalue weighted by molar-refractivity contribution is -0.132. The van der Waals surface area contributed by atoms with Gasteiger partial charge in [0, 0.05) is 23.3 Å². The van der Waals surface area contributed by atoms with Gasteiger partial charge in [-0.25, -0.2) is 4.79 Å². The van der Waals surface area contributed by atoms with Crippen LogP contribution in [0.1, 0.15) is 13.3 Å². The van der Waals surface area contributed by atoms with Gasteiger partial charge in [-0.1, -0.05) is 6.08 Å². The minimum atomic E-state index is -3.66. The van der Waals surface area contributed by atoms with Crippen LogP contribution >= 0.6 is 0 Å². The van der Waals surface area contributed by atoms with Crippen molar-refractivity contribution in [2.45, 2.75) is 19.4 Å². The van der Waals surface area contributed by atoms with Crippen LogP contribution in [0.15, 0.2) is 11.6 Å². The third-order valence-electron chi connectivity index (χ3n) is 1.23.